The van der Waals surface area contributed by atoms with Gasteiger partial charge in [0.05, 0.1) is 11.0 Å². The van der Waals surface area contributed by atoms with Crippen LogP contribution in [0.3, 0.4) is 0 Å². The molecule has 0 N–H and O–H groups in total. The van der Waals surface area contributed by atoms with Crippen molar-refractivity contribution < 1.29 is 13.2 Å². The van der Waals surface area contributed by atoms with Crippen molar-refractivity contribution in [2.24, 2.45) is 5.92 Å². The Labute approximate surface area is 80.4 Å². The molecule has 0 radical (unpaired) electrons. The van der Waals surface area contributed by atoms with E-state index in [1.54, 1.807) is 6.92 Å². The molecule has 1 unspecified atom stereocenters. The largest absolute Gasteiger partial charge is 0.300 e. The third-order valence-corrected chi connectivity index (χ3v) is 4.28. The Morgan fingerprint density at radius 3 is 2.00 bits per heavy atom. The van der Waals surface area contributed by atoms with Crippen LogP contribution in [-0.4, -0.2) is 25.2 Å². The van der Waals surface area contributed by atoms with Gasteiger partial charge in [-0.05, 0) is 19.8 Å². The Hall–Kier alpha value is -0.380. The zero-order valence-corrected chi connectivity index (χ0v) is 9.52. The fraction of sp³-hybridized carbons (Fsp3) is 0.889. The lowest BCUT2D eigenvalue weighted by atomic mass is 10.2. The van der Waals surface area contributed by atoms with Crippen LogP contribution in [0.5, 0.6) is 0 Å². The van der Waals surface area contributed by atoms with Crippen LogP contribution in [0.25, 0.3) is 0 Å². The van der Waals surface area contributed by atoms with E-state index in [2.05, 4.69) is 0 Å². The standard InChI is InChI=1S/C9H18O3S/c1-7(2)6-13(11,12)9(4)5-8(3)10/h7,9H,5-6H2,1-4H3. The molecule has 0 spiro atoms. The Morgan fingerprint density at radius 1 is 1.23 bits per heavy atom. The van der Waals surface area contributed by atoms with Crippen LogP contribution in [-0.2, 0) is 14.6 Å². The number of Topliss-reactive ketones (excluding diaryl/α,β-unsaturated/α-hetero) is 1. The van der Waals surface area contributed by atoms with Gasteiger partial charge in [-0.25, -0.2) is 8.42 Å². The predicted octanol–water partition coefficient (Wildman–Crippen LogP) is 1.42. The van der Waals surface area contributed by atoms with Crippen molar-refractivity contribution in [2.75, 3.05) is 5.75 Å². The Bertz CT molecular complexity index is 265. The molecular formula is C9H18O3S. The summed E-state index contributed by atoms with van der Waals surface area (Å²) in [5.41, 5.74) is 0. The topological polar surface area (TPSA) is 51.2 Å². The monoisotopic (exact) mass is 206 g/mol. The summed E-state index contributed by atoms with van der Waals surface area (Å²) in [6, 6.07) is 0. The quantitative estimate of drug-likeness (QED) is 0.683. The van der Waals surface area contributed by atoms with Gasteiger partial charge in [-0.15, -0.1) is 0 Å². The first-order chi connectivity index (χ1) is 5.75. The van der Waals surface area contributed by atoms with Crippen molar-refractivity contribution in [1.82, 2.24) is 0 Å². The van der Waals surface area contributed by atoms with Gasteiger partial charge >= 0.3 is 0 Å². The summed E-state index contributed by atoms with van der Waals surface area (Å²) in [6.07, 6.45) is 0.134. The fourth-order valence-corrected chi connectivity index (χ4v) is 2.91. The van der Waals surface area contributed by atoms with E-state index in [0.717, 1.165) is 0 Å². The van der Waals surface area contributed by atoms with Gasteiger partial charge < -0.3 is 0 Å². The number of hydrogen-bond acceptors (Lipinski definition) is 3. The van der Waals surface area contributed by atoms with Crippen LogP contribution >= 0.6 is 0 Å². The number of rotatable bonds is 5. The average molecular weight is 206 g/mol. The van der Waals surface area contributed by atoms with Gasteiger partial charge in [0.2, 0.25) is 0 Å². The zero-order chi connectivity index (χ0) is 10.6. The first kappa shape index (κ1) is 12.6. The lowest BCUT2D eigenvalue weighted by Gasteiger charge is -2.12. The second-order valence-electron chi connectivity index (χ2n) is 3.94. The van der Waals surface area contributed by atoms with E-state index in [1.807, 2.05) is 13.8 Å². The molecule has 0 aromatic rings. The van der Waals surface area contributed by atoms with Crippen molar-refractivity contribution in [2.45, 2.75) is 39.4 Å². The smallest absolute Gasteiger partial charge is 0.153 e. The zero-order valence-electron chi connectivity index (χ0n) is 8.70. The molecular weight excluding hydrogens is 188 g/mol. The SMILES string of the molecule is CC(=O)CC(C)S(=O)(=O)CC(C)C. The van der Waals surface area contributed by atoms with Crippen LogP contribution < -0.4 is 0 Å². The number of hydrogen-bond donors (Lipinski definition) is 0. The van der Waals surface area contributed by atoms with Crippen molar-refractivity contribution in [3.05, 3.63) is 0 Å². The average Bonchev–Trinajstić information content (AvgIpc) is 1.81. The highest BCUT2D eigenvalue weighted by Crippen LogP contribution is 2.10. The van der Waals surface area contributed by atoms with Gasteiger partial charge in [-0.1, -0.05) is 13.8 Å². The lowest BCUT2D eigenvalue weighted by Crippen LogP contribution is -2.25. The summed E-state index contributed by atoms with van der Waals surface area (Å²) in [6.45, 7) is 6.73. The van der Waals surface area contributed by atoms with E-state index >= 15 is 0 Å². The molecule has 0 aromatic carbocycles. The van der Waals surface area contributed by atoms with E-state index in [9.17, 15) is 13.2 Å². The molecule has 78 valence electrons. The summed E-state index contributed by atoms with van der Waals surface area (Å²) in [7, 11) is -3.08. The molecule has 0 aliphatic heterocycles. The van der Waals surface area contributed by atoms with Crippen LogP contribution in [0.1, 0.15) is 34.1 Å². The maximum atomic E-state index is 11.5. The van der Waals surface area contributed by atoms with E-state index in [1.165, 1.54) is 6.92 Å². The third kappa shape index (κ3) is 5.03. The number of sulfone groups is 1. The molecule has 0 aromatic heterocycles. The maximum Gasteiger partial charge on any atom is 0.153 e. The number of ketones is 1. The minimum absolute atomic E-state index is 0.0696. The third-order valence-electron chi connectivity index (χ3n) is 1.75. The highest BCUT2D eigenvalue weighted by molar-refractivity contribution is 7.92. The van der Waals surface area contributed by atoms with Crippen LogP contribution in [0.4, 0.5) is 0 Å². The van der Waals surface area contributed by atoms with E-state index in [4.69, 9.17) is 0 Å². The summed E-state index contributed by atoms with van der Waals surface area (Å²) in [5, 5.41) is -0.535. The molecule has 0 aliphatic rings. The number of carbonyl (C=O) groups is 1. The highest BCUT2D eigenvalue weighted by Gasteiger charge is 2.22. The molecule has 1 atom stereocenters. The molecule has 0 amide bonds. The van der Waals surface area contributed by atoms with Gasteiger partial charge in [0.15, 0.2) is 9.84 Å². The molecule has 3 nitrogen and oxygen atoms in total. The number of carbonyl (C=O) groups excluding carboxylic acids is 1. The van der Waals surface area contributed by atoms with Crippen LogP contribution in [0.15, 0.2) is 0 Å². The van der Waals surface area contributed by atoms with Gasteiger partial charge in [0.25, 0.3) is 0 Å². The maximum absolute atomic E-state index is 11.5. The summed E-state index contributed by atoms with van der Waals surface area (Å²) >= 11 is 0. The van der Waals surface area contributed by atoms with Crippen molar-refractivity contribution in [1.29, 1.82) is 0 Å². The molecule has 0 aliphatic carbocycles. The molecule has 0 fully saturated rings. The van der Waals surface area contributed by atoms with Crippen molar-refractivity contribution >= 4 is 15.6 Å². The fourth-order valence-electron chi connectivity index (χ4n) is 1.16. The molecule has 4 heteroatoms. The van der Waals surface area contributed by atoms with Crippen molar-refractivity contribution in [3.8, 4) is 0 Å². The highest BCUT2D eigenvalue weighted by atomic mass is 32.2. The van der Waals surface area contributed by atoms with Crippen molar-refractivity contribution in [3.63, 3.8) is 0 Å². The van der Waals surface area contributed by atoms with Gasteiger partial charge in [-0.2, -0.15) is 0 Å². The minimum atomic E-state index is -3.08. The first-order valence-electron chi connectivity index (χ1n) is 4.46. The Kier molecular flexibility index (Phi) is 4.61. The summed E-state index contributed by atoms with van der Waals surface area (Å²) < 4.78 is 23.0. The predicted molar refractivity (Wildman–Crippen MR) is 53.4 cm³/mol. The molecule has 0 saturated carbocycles. The van der Waals surface area contributed by atoms with E-state index in [-0.39, 0.29) is 23.9 Å². The first-order valence-corrected chi connectivity index (χ1v) is 6.18. The molecule has 0 bridgehead atoms. The van der Waals surface area contributed by atoms with E-state index < -0.39 is 15.1 Å². The van der Waals surface area contributed by atoms with Gasteiger partial charge in [0.1, 0.15) is 5.78 Å². The summed E-state index contributed by atoms with van der Waals surface area (Å²) in [4.78, 5) is 10.7. The Morgan fingerprint density at radius 2 is 1.69 bits per heavy atom. The summed E-state index contributed by atoms with van der Waals surface area (Å²) in [5.74, 6) is 0.223. The Balaban J connectivity index is 4.37. The molecule has 0 rings (SSSR count). The molecule has 0 saturated heterocycles. The normalized spacial score (nSPS) is 14.5. The molecule has 0 heterocycles. The minimum Gasteiger partial charge on any atom is -0.300 e. The lowest BCUT2D eigenvalue weighted by molar-refractivity contribution is -0.116. The van der Waals surface area contributed by atoms with E-state index in [0.29, 0.717) is 0 Å². The second kappa shape index (κ2) is 4.74. The van der Waals surface area contributed by atoms with Gasteiger partial charge in [0, 0.05) is 6.42 Å². The van der Waals surface area contributed by atoms with Gasteiger partial charge in [-0.3, -0.25) is 4.79 Å². The van der Waals surface area contributed by atoms with Crippen LogP contribution in [0, 0.1) is 5.92 Å². The molecule has 13 heavy (non-hydrogen) atoms. The van der Waals surface area contributed by atoms with Crippen LogP contribution in [0.2, 0.25) is 0 Å². The second-order valence-corrected chi connectivity index (χ2v) is 6.40.